The summed E-state index contributed by atoms with van der Waals surface area (Å²) in [6.07, 6.45) is 2.40. The van der Waals surface area contributed by atoms with Gasteiger partial charge in [-0.2, -0.15) is 5.26 Å². The van der Waals surface area contributed by atoms with Crippen molar-refractivity contribution in [3.8, 4) is 17.3 Å². The van der Waals surface area contributed by atoms with Crippen LogP contribution < -0.4 is 10.2 Å². The quantitative estimate of drug-likeness (QED) is 0.625. The molecule has 0 unspecified atom stereocenters. The maximum Gasteiger partial charge on any atom is 0.252 e. The van der Waals surface area contributed by atoms with Crippen LogP contribution in [0.5, 0.6) is 0 Å². The molecule has 0 atom stereocenters. The van der Waals surface area contributed by atoms with Gasteiger partial charge in [-0.05, 0) is 35.9 Å². The third kappa shape index (κ3) is 5.24. The number of nitrogens with zero attached hydrogens (tertiary/aromatic N) is 4. The second kappa shape index (κ2) is 9.83. The van der Waals surface area contributed by atoms with Gasteiger partial charge in [-0.15, -0.1) is 0 Å². The normalized spacial score (nSPS) is 13.5. The standard InChI is InChI=1S/C24H23N5O2/c25-10-12-27-24(30)20-5-3-19(4-6-20)22-9-11-26-23(28-22)17-18-1-7-21(8-2-18)29-13-15-31-16-14-29/h1-9,11H,12-17H2,(H,27,30). The van der Waals surface area contributed by atoms with Crippen LogP contribution in [0, 0.1) is 11.3 Å². The molecule has 31 heavy (non-hydrogen) atoms. The van der Waals surface area contributed by atoms with Crippen molar-refractivity contribution in [1.29, 1.82) is 5.26 Å². The number of amides is 1. The lowest BCUT2D eigenvalue weighted by Crippen LogP contribution is -2.36. The minimum Gasteiger partial charge on any atom is -0.378 e. The summed E-state index contributed by atoms with van der Waals surface area (Å²) in [7, 11) is 0. The molecule has 2 aromatic carbocycles. The summed E-state index contributed by atoms with van der Waals surface area (Å²) >= 11 is 0. The van der Waals surface area contributed by atoms with E-state index < -0.39 is 0 Å². The monoisotopic (exact) mass is 413 g/mol. The molecular formula is C24H23N5O2. The summed E-state index contributed by atoms with van der Waals surface area (Å²) in [5.41, 5.74) is 4.58. The highest BCUT2D eigenvalue weighted by molar-refractivity contribution is 5.94. The fraction of sp³-hybridized carbons (Fsp3) is 0.250. The molecule has 7 heteroatoms. The molecule has 0 spiro atoms. The molecule has 1 aliphatic rings. The van der Waals surface area contributed by atoms with E-state index >= 15 is 0 Å². The molecule has 4 rings (SSSR count). The first-order valence-electron chi connectivity index (χ1n) is 10.2. The molecule has 0 bridgehead atoms. The molecular weight excluding hydrogens is 390 g/mol. The van der Waals surface area contributed by atoms with Crippen LogP contribution in [-0.4, -0.2) is 48.7 Å². The minimum absolute atomic E-state index is 0.0106. The predicted molar refractivity (Wildman–Crippen MR) is 118 cm³/mol. The number of nitriles is 1. The van der Waals surface area contributed by atoms with Crippen molar-refractivity contribution in [1.82, 2.24) is 15.3 Å². The predicted octanol–water partition coefficient (Wildman–Crippen LogP) is 2.82. The van der Waals surface area contributed by atoms with Gasteiger partial charge >= 0.3 is 0 Å². The molecule has 0 aliphatic carbocycles. The van der Waals surface area contributed by atoms with Crippen molar-refractivity contribution in [3.05, 3.63) is 77.7 Å². The van der Waals surface area contributed by atoms with Gasteiger partial charge in [-0.1, -0.05) is 24.3 Å². The Hall–Kier alpha value is -3.76. The van der Waals surface area contributed by atoms with Gasteiger partial charge in [-0.25, -0.2) is 9.97 Å². The third-order valence-electron chi connectivity index (χ3n) is 5.15. The number of ether oxygens (including phenoxy) is 1. The highest BCUT2D eigenvalue weighted by atomic mass is 16.5. The largest absolute Gasteiger partial charge is 0.378 e. The first-order chi connectivity index (χ1) is 15.2. The van der Waals surface area contributed by atoms with Crippen LogP contribution in [0.3, 0.4) is 0 Å². The van der Waals surface area contributed by atoms with E-state index in [1.165, 1.54) is 5.69 Å². The highest BCUT2D eigenvalue weighted by Gasteiger charge is 2.11. The number of anilines is 1. The van der Waals surface area contributed by atoms with Crippen molar-refractivity contribution >= 4 is 11.6 Å². The van der Waals surface area contributed by atoms with Crippen molar-refractivity contribution in [3.63, 3.8) is 0 Å². The summed E-state index contributed by atoms with van der Waals surface area (Å²) in [6.45, 7) is 3.37. The summed E-state index contributed by atoms with van der Waals surface area (Å²) < 4.78 is 5.42. The maximum atomic E-state index is 11.9. The van der Waals surface area contributed by atoms with Gasteiger partial charge in [0.15, 0.2) is 0 Å². The van der Waals surface area contributed by atoms with Gasteiger partial charge in [-0.3, -0.25) is 4.79 Å². The van der Waals surface area contributed by atoms with E-state index in [4.69, 9.17) is 15.0 Å². The summed E-state index contributed by atoms with van der Waals surface area (Å²) in [4.78, 5) is 23.4. The fourth-order valence-corrected chi connectivity index (χ4v) is 3.49. The number of hydrogen-bond donors (Lipinski definition) is 1. The number of benzene rings is 2. The van der Waals surface area contributed by atoms with Gasteiger partial charge < -0.3 is 15.0 Å². The van der Waals surface area contributed by atoms with Crippen LogP contribution in [-0.2, 0) is 11.2 Å². The maximum absolute atomic E-state index is 11.9. The van der Waals surface area contributed by atoms with Crippen molar-refractivity contribution < 1.29 is 9.53 Å². The first kappa shape index (κ1) is 20.5. The number of carbonyl (C=O) groups excluding carboxylic acids is 1. The zero-order valence-corrected chi connectivity index (χ0v) is 17.1. The number of rotatable bonds is 6. The molecule has 2 heterocycles. The van der Waals surface area contributed by atoms with Gasteiger partial charge in [0.05, 0.1) is 25.0 Å². The summed E-state index contributed by atoms with van der Waals surface area (Å²) in [6, 6.07) is 19.4. The molecule has 0 radical (unpaired) electrons. The Morgan fingerprint density at radius 1 is 1.06 bits per heavy atom. The van der Waals surface area contributed by atoms with E-state index in [1.54, 1.807) is 18.3 Å². The molecule has 7 nitrogen and oxygen atoms in total. The van der Waals surface area contributed by atoms with Crippen molar-refractivity contribution in [2.24, 2.45) is 0 Å². The van der Waals surface area contributed by atoms with Gasteiger partial charge in [0.1, 0.15) is 12.4 Å². The number of nitrogens with one attached hydrogen (secondary N) is 1. The van der Waals surface area contributed by atoms with Crippen molar-refractivity contribution in [2.45, 2.75) is 6.42 Å². The van der Waals surface area contributed by atoms with Gasteiger partial charge in [0, 0.05) is 42.5 Å². The second-order valence-corrected chi connectivity index (χ2v) is 7.22. The summed E-state index contributed by atoms with van der Waals surface area (Å²) in [5, 5.41) is 11.1. The lowest BCUT2D eigenvalue weighted by atomic mass is 10.1. The van der Waals surface area contributed by atoms with Crippen molar-refractivity contribution in [2.75, 3.05) is 37.7 Å². The fourth-order valence-electron chi connectivity index (χ4n) is 3.49. The van der Waals surface area contributed by atoms with Crippen LogP contribution in [0.25, 0.3) is 11.3 Å². The summed E-state index contributed by atoms with van der Waals surface area (Å²) in [5.74, 6) is 0.476. The Bertz CT molecular complexity index is 1070. The first-order valence-corrected chi connectivity index (χ1v) is 10.2. The number of hydrogen-bond acceptors (Lipinski definition) is 6. The Kier molecular flexibility index (Phi) is 6.50. The van der Waals surface area contributed by atoms with E-state index in [9.17, 15) is 4.79 Å². The Labute approximate surface area is 181 Å². The van der Waals surface area contributed by atoms with Gasteiger partial charge in [0.2, 0.25) is 0 Å². The van der Waals surface area contributed by atoms with Crippen LogP contribution >= 0.6 is 0 Å². The van der Waals surface area contributed by atoms with E-state index in [0.717, 1.165) is 48.9 Å². The van der Waals surface area contributed by atoms with E-state index in [-0.39, 0.29) is 12.5 Å². The Morgan fingerprint density at radius 2 is 1.81 bits per heavy atom. The number of carbonyl (C=O) groups is 1. The van der Waals surface area contributed by atoms with Crippen LogP contribution in [0.1, 0.15) is 21.7 Å². The SMILES string of the molecule is N#CCNC(=O)c1ccc(-c2ccnc(Cc3ccc(N4CCOCC4)cc3)n2)cc1. The van der Waals surface area contributed by atoms with Crippen LogP contribution in [0.15, 0.2) is 60.8 Å². The minimum atomic E-state index is -0.267. The molecule has 1 saturated heterocycles. The van der Waals surface area contributed by atoms with Gasteiger partial charge in [0.25, 0.3) is 5.91 Å². The lowest BCUT2D eigenvalue weighted by Gasteiger charge is -2.28. The van der Waals surface area contributed by atoms with E-state index in [1.807, 2.05) is 24.3 Å². The third-order valence-corrected chi connectivity index (χ3v) is 5.15. The molecule has 1 amide bonds. The smallest absolute Gasteiger partial charge is 0.252 e. The molecule has 156 valence electrons. The van der Waals surface area contributed by atoms with Crippen LogP contribution in [0.4, 0.5) is 5.69 Å². The molecule has 1 aliphatic heterocycles. The highest BCUT2D eigenvalue weighted by Crippen LogP contribution is 2.20. The lowest BCUT2D eigenvalue weighted by molar-refractivity contribution is 0.0958. The van der Waals surface area contributed by atoms with Crippen LogP contribution in [0.2, 0.25) is 0 Å². The molecule has 1 aromatic heterocycles. The zero-order valence-electron chi connectivity index (χ0n) is 17.1. The number of morpholine rings is 1. The Morgan fingerprint density at radius 3 is 2.52 bits per heavy atom. The molecule has 3 aromatic rings. The molecule has 1 fully saturated rings. The second-order valence-electron chi connectivity index (χ2n) is 7.22. The topological polar surface area (TPSA) is 91.1 Å². The molecule has 0 saturated carbocycles. The van der Waals surface area contributed by atoms with E-state index in [2.05, 4.69) is 39.5 Å². The average Bonchev–Trinajstić information content (AvgIpc) is 2.84. The number of aromatic nitrogens is 2. The van der Waals surface area contributed by atoms with E-state index in [0.29, 0.717) is 12.0 Å². The molecule has 1 N–H and O–H groups in total. The Balaban J connectivity index is 1.43. The average molecular weight is 413 g/mol. The zero-order chi connectivity index (χ0) is 21.5.